The van der Waals surface area contributed by atoms with Crippen molar-refractivity contribution in [1.29, 1.82) is 0 Å². The fourth-order valence-corrected chi connectivity index (χ4v) is 3.52. The second-order valence-corrected chi connectivity index (χ2v) is 7.51. The number of aromatic nitrogens is 1. The number of aliphatic hydroxyl groups excluding tert-OH is 1. The summed E-state index contributed by atoms with van der Waals surface area (Å²) in [5.74, 6) is -0.106. The number of amides is 2. The number of β-amino-alcohol motifs (C(OH)–C–C–N with tert-alkyl or cyclic N) is 1. The van der Waals surface area contributed by atoms with E-state index in [1.165, 1.54) is 16.7 Å². The van der Waals surface area contributed by atoms with Gasteiger partial charge in [0.1, 0.15) is 11.8 Å². The number of aliphatic hydroxyl groups is 1. The van der Waals surface area contributed by atoms with Crippen molar-refractivity contribution in [3.05, 3.63) is 52.9 Å². The van der Waals surface area contributed by atoms with Gasteiger partial charge in [-0.2, -0.15) is 0 Å². The molecule has 1 aromatic heterocycles. The van der Waals surface area contributed by atoms with Gasteiger partial charge in [-0.3, -0.25) is 14.4 Å². The summed E-state index contributed by atoms with van der Waals surface area (Å²) in [4.78, 5) is 40.0. The topological polar surface area (TPSA) is 104 Å². The van der Waals surface area contributed by atoms with E-state index in [0.717, 1.165) is 5.56 Å². The number of likely N-dealkylation sites (N-methyl/N-ethyl adjacent to an activating group) is 1. The molecule has 1 aliphatic rings. The van der Waals surface area contributed by atoms with Crippen molar-refractivity contribution in [3.8, 4) is 0 Å². The number of benzene rings is 1. The average Bonchev–Trinajstić information content (AvgIpc) is 3.26. The smallest absolute Gasteiger partial charge is 0.245 e. The molecule has 2 aromatic rings. The van der Waals surface area contributed by atoms with E-state index in [1.807, 2.05) is 0 Å². The predicted molar refractivity (Wildman–Crippen MR) is 104 cm³/mol. The van der Waals surface area contributed by atoms with E-state index in [9.17, 15) is 19.5 Å². The normalized spacial score (nSPS) is 18.7. The summed E-state index contributed by atoms with van der Waals surface area (Å²) in [6, 6.07) is 8.02. The van der Waals surface area contributed by atoms with E-state index in [1.54, 1.807) is 44.3 Å². The Kier molecular flexibility index (Phi) is 6.12. The molecule has 2 atom stereocenters. The second-order valence-electron chi connectivity index (χ2n) is 7.51. The molecule has 2 heterocycles. The highest BCUT2D eigenvalue weighted by Gasteiger charge is 2.40. The molecule has 0 bridgehead atoms. The van der Waals surface area contributed by atoms with Gasteiger partial charge in [0.2, 0.25) is 11.8 Å². The molecule has 1 N–H and O–H groups in total. The van der Waals surface area contributed by atoms with Crippen LogP contribution in [0.5, 0.6) is 0 Å². The average molecular weight is 399 g/mol. The van der Waals surface area contributed by atoms with E-state index in [-0.39, 0.29) is 37.0 Å². The number of Topliss-reactive ketones (excluding diaryl/α,β-unsaturated/α-hetero) is 1. The maximum atomic E-state index is 13.0. The molecular formula is C21H25N3O5. The number of rotatable bonds is 6. The van der Waals surface area contributed by atoms with Crippen molar-refractivity contribution in [1.82, 2.24) is 15.0 Å². The monoisotopic (exact) mass is 399 g/mol. The molecule has 0 spiro atoms. The van der Waals surface area contributed by atoms with Crippen molar-refractivity contribution < 1.29 is 24.0 Å². The van der Waals surface area contributed by atoms with Gasteiger partial charge >= 0.3 is 0 Å². The molecular weight excluding hydrogens is 374 g/mol. The summed E-state index contributed by atoms with van der Waals surface area (Å²) in [6.07, 6.45) is -0.547. The highest BCUT2D eigenvalue weighted by molar-refractivity contribution is 5.94. The first-order valence-corrected chi connectivity index (χ1v) is 9.49. The molecule has 0 unspecified atom stereocenters. The maximum Gasteiger partial charge on any atom is 0.245 e. The minimum Gasteiger partial charge on any atom is -0.391 e. The van der Waals surface area contributed by atoms with E-state index >= 15 is 0 Å². The van der Waals surface area contributed by atoms with Gasteiger partial charge < -0.3 is 19.4 Å². The van der Waals surface area contributed by atoms with Crippen LogP contribution < -0.4 is 0 Å². The zero-order chi connectivity index (χ0) is 21.1. The van der Waals surface area contributed by atoms with Gasteiger partial charge in [0, 0.05) is 38.2 Å². The molecule has 8 heteroatoms. The Hall–Kier alpha value is -3.00. The van der Waals surface area contributed by atoms with Gasteiger partial charge in [0.05, 0.1) is 18.2 Å². The number of carbonyl (C=O) groups is 3. The van der Waals surface area contributed by atoms with Crippen LogP contribution >= 0.6 is 0 Å². The summed E-state index contributed by atoms with van der Waals surface area (Å²) >= 11 is 0. The lowest BCUT2D eigenvalue weighted by Gasteiger charge is -2.27. The third kappa shape index (κ3) is 4.89. The van der Waals surface area contributed by atoms with E-state index in [0.29, 0.717) is 23.6 Å². The maximum absolute atomic E-state index is 13.0. The highest BCUT2D eigenvalue weighted by Crippen LogP contribution is 2.22. The lowest BCUT2D eigenvalue weighted by atomic mass is 10.1. The fraction of sp³-hybridized carbons (Fsp3) is 0.429. The first kappa shape index (κ1) is 20.7. The SMILES string of the molecule is CC(=O)c1ccc(CN(C)C(=O)[C@@H]2C[C@@H](O)CN2C(=O)Cc2cc(C)no2)cc1. The van der Waals surface area contributed by atoms with Gasteiger partial charge in [-0.1, -0.05) is 29.4 Å². The standard InChI is InChI=1S/C21H25N3O5/c1-13-8-18(29-22-13)10-20(27)24-12-17(26)9-19(24)21(28)23(3)11-15-4-6-16(7-5-15)14(2)25/h4-8,17,19,26H,9-12H2,1-3H3/t17-,19+/m1/s1. The molecule has 1 saturated heterocycles. The van der Waals surface area contributed by atoms with Crippen molar-refractivity contribution in [3.63, 3.8) is 0 Å². The summed E-state index contributed by atoms with van der Waals surface area (Å²) < 4.78 is 5.09. The van der Waals surface area contributed by atoms with Crippen molar-refractivity contribution in [2.24, 2.45) is 0 Å². The van der Waals surface area contributed by atoms with Crippen LogP contribution in [0.25, 0.3) is 0 Å². The molecule has 2 amide bonds. The Morgan fingerprint density at radius 3 is 2.55 bits per heavy atom. The zero-order valence-electron chi connectivity index (χ0n) is 16.8. The number of carbonyl (C=O) groups excluding carboxylic acids is 3. The third-order valence-corrected chi connectivity index (χ3v) is 5.04. The Morgan fingerprint density at radius 1 is 1.28 bits per heavy atom. The van der Waals surface area contributed by atoms with E-state index in [2.05, 4.69) is 5.16 Å². The Labute approximate surface area is 169 Å². The second kappa shape index (κ2) is 8.57. The molecule has 1 fully saturated rings. The van der Waals surface area contributed by atoms with Crippen LogP contribution in [-0.2, 0) is 22.6 Å². The van der Waals surface area contributed by atoms with Crippen LogP contribution in [0.15, 0.2) is 34.9 Å². The predicted octanol–water partition coefficient (Wildman–Crippen LogP) is 1.35. The molecule has 3 rings (SSSR count). The van der Waals surface area contributed by atoms with Crippen molar-refractivity contribution in [2.45, 2.75) is 45.4 Å². The number of hydrogen-bond donors (Lipinski definition) is 1. The first-order chi connectivity index (χ1) is 13.7. The van der Waals surface area contributed by atoms with E-state index in [4.69, 9.17) is 4.52 Å². The highest BCUT2D eigenvalue weighted by atomic mass is 16.5. The molecule has 0 aliphatic carbocycles. The Bertz CT molecular complexity index is 905. The number of hydrogen-bond acceptors (Lipinski definition) is 6. The Balaban J connectivity index is 1.66. The summed E-state index contributed by atoms with van der Waals surface area (Å²) in [7, 11) is 1.66. The van der Waals surface area contributed by atoms with Crippen LogP contribution in [0.3, 0.4) is 0 Å². The van der Waals surface area contributed by atoms with Gasteiger partial charge in [-0.15, -0.1) is 0 Å². The molecule has 29 heavy (non-hydrogen) atoms. The molecule has 8 nitrogen and oxygen atoms in total. The van der Waals surface area contributed by atoms with Gasteiger partial charge in [-0.05, 0) is 19.4 Å². The van der Waals surface area contributed by atoms with Crippen molar-refractivity contribution in [2.75, 3.05) is 13.6 Å². The van der Waals surface area contributed by atoms with Gasteiger partial charge in [0.15, 0.2) is 5.78 Å². The van der Waals surface area contributed by atoms with Gasteiger partial charge in [0.25, 0.3) is 0 Å². The quantitative estimate of drug-likeness (QED) is 0.736. The number of nitrogens with zero attached hydrogens (tertiary/aromatic N) is 3. The minimum absolute atomic E-state index is 0.00639. The first-order valence-electron chi connectivity index (χ1n) is 9.49. The van der Waals surface area contributed by atoms with Gasteiger partial charge in [-0.25, -0.2) is 0 Å². The largest absolute Gasteiger partial charge is 0.391 e. The summed E-state index contributed by atoms with van der Waals surface area (Å²) in [6.45, 7) is 3.72. The molecule has 0 radical (unpaired) electrons. The third-order valence-electron chi connectivity index (χ3n) is 5.04. The summed E-state index contributed by atoms with van der Waals surface area (Å²) in [5.41, 5.74) is 2.16. The number of aryl methyl sites for hydroxylation is 1. The lowest BCUT2D eigenvalue weighted by Crippen LogP contribution is -2.46. The van der Waals surface area contributed by atoms with Crippen LogP contribution in [0, 0.1) is 6.92 Å². The Morgan fingerprint density at radius 2 is 1.97 bits per heavy atom. The van der Waals surface area contributed by atoms with Crippen LogP contribution in [0.1, 0.15) is 40.7 Å². The van der Waals surface area contributed by atoms with Crippen LogP contribution in [0.2, 0.25) is 0 Å². The molecule has 1 aromatic carbocycles. The zero-order valence-corrected chi connectivity index (χ0v) is 16.8. The molecule has 0 saturated carbocycles. The minimum atomic E-state index is -0.743. The lowest BCUT2D eigenvalue weighted by molar-refractivity contribution is -0.143. The molecule has 1 aliphatic heterocycles. The van der Waals surface area contributed by atoms with E-state index < -0.39 is 12.1 Å². The van der Waals surface area contributed by atoms with Crippen molar-refractivity contribution >= 4 is 17.6 Å². The van der Waals surface area contributed by atoms with Crippen LogP contribution in [0.4, 0.5) is 0 Å². The van der Waals surface area contributed by atoms with Crippen LogP contribution in [-0.4, -0.2) is 63.4 Å². The summed E-state index contributed by atoms with van der Waals surface area (Å²) in [5, 5.41) is 13.8. The number of ketones is 1. The number of likely N-dealkylation sites (tertiary alicyclic amines) is 1. The fourth-order valence-electron chi connectivity index (χ4n) is 3.52. The molecule has 154 valence electrons.